The molecule has 0 aliphatic carbocycles. The topological polar surface area (TPSA) is 84.9 Å². The van der Waals surface area contributed by atoms with Gasteiger partial charge in [0.2, 0.25) is 15.9 Å². The number of hydrogen-bond donors (Lipinski definition) is 1. The summed E-state index contributed by atoms with van der Waals surface area (Å²) in [5, 5.41) is 2.68. The molecular weight excluding hydrogens is 392 g/mol. The molecule has 0 aromatic heterocycles. The quantitative estimate of drug-likeness (QED) is 0.598. The highest BCUT2D eigenvalue weighted by atomic mass is 32.2. The fourth-order valence-electron chi connectivity index (χ4n) is 2.64. The number of ether oxygens (including phenoxy) is 2. The minimum atomic E-state index is -3.60. The van der Waals surface area contributed by atoms with Gasteiger partial charge in [-0.05, 0) is 47.9 Å². The van der Waals surface area contributed by atoms with Crippen molar-refractivity contribution < 1.29 is 22.7 Å². The van der Waals surface area contributed by atoms with E-state index < -0.39 is 15.9 Å². The van der Waals surface area contributed by atoms with E-state index >= 15 is 0 Å². The maximum absolute atomic E-state index is 12.3. The number of methoxy groups -OCH3 is 1. The number of sulfonamides is 1. The molecule has 0 spiro atoms. The molecule has 0 aliphatic rings. The van der Waals surface area contributed by atoms with Crippen molar-refractivity contribution in [2.75, 3.05) is 37.4 Å². The second kappa shape index (κ2) is 10.2. The molecular formula is C21H28N2O5S. The molecule has 2 aromatic carbocycles. The standard InChI is InChI=1S/C21H28N2O5S/c1-16(2)17-5-7-18(8-6-17)23(29(4,25)26)15-21(24)22-13-14-28-20-11-9-19(27-3)10-12-20/h5-12,16H,13-15H2,1-4H3,(H,22,24). The van der Waals surface area contributed by atoms with Gasteiger partial charge in [-0.25, -0.2) is 8.42 Å². The number of nitrogens with zero attached hydrogens (tertiary/aromatic N) is 1. The largest absolute Gasteiger partial charge is 0.497 e. The van der Waals surface area contributed by atoms with Crippen LogP contribution in [0.3, 0.4) is 0 Å². The molecule has 0 saturated heterocycles. The van der Waals surface area contributed by atoms with Gasteiger partial charge in [-0.15, -0.1) is 0 Å². The maximum Gasteiger partial charge on any atom is 0.240 e. The highest BCUT2D eigenvalue weighted by molar-refractivity contribution is 7.92. The summed E-state index contributed by atoms with van der Waals surface area (Å²) >= 11 is 0. The Labute approximate surface area is 172 Å². The van der Waals surface area contributed by atoms with Crippen LogP contribution in [0.1, 0.15) is 25.3 Å². The molecule has 1 N–H and O–H groups in total. The molecule has 0 saturated carbocycles. The summed E-state index contributed by atoms with van der Waals surface area (Å²) in [6.45, 7) is 4.35. The Morgan fingerprint density at radius 2 is 1.62 bits per heavy atom. The summed E-state index contributed by atoms with van der Waals surface area (Å²) in [5.41, 5.74) is 1.56. The van der Waals surface area contributed by atoms with Gasteiger partial charge < -0.3 is 14.8 Å². The predicted molar refractivity (Wildman–Crippen MR) is 114 cm³/mol. The van der Waals surface area contributed by atoms with Crippen LogP contribution in [-0.2, 0) is 14.8 Å². The van der Waals surface area contributed by atoms with Crippen molar-refractivity contribution >= 4 is 21.6 Å². The summed E-state index contributed by atoms with van der Waals surface area (Å²) in [4.78, 5) is 12.3. The zero-order valence-corrected chi connectivity index (χ0v) is 18.0. The third kappa shape index (κ3) is 6.98. The van der Waals surface area contributed by atoms with Gasteiger partial charge in [0.05, 0.1) is 25.6 Å². The average molecular weight is 421 g/mol. The SMILES string of the molecule is COc1ccc(OCCNC(=O)CN(c2ccc(C(C)C)cc2)S(C)(=O)=O)cc1. The maximum atomic E-state index is 12.3. The molecule has 0 heterocycles. The first-order valence-electron chi connectivity index (χ1n) is 9.32. The van der Waals surface area contributed by atoms with Gasteiger partial charge in [0.25, 0.3) is 0 Å². The molecule has 8 heteroatoms. The van der Waals surface area contributed by atoms with E-state index in [0.717, 1.165) is 21.9 Å². The Bertz CT molecular complexity index is 894. The molecule has 0 radical (unpaired) electrons. The Balaban J connectivity index is 1.89. The highest BCUT2D eigenvalue weighted by Crippen LogP contribution is 2.22. The van der Waals surface area contributed by atoms with E-state index in [1.807, 2.05) is 12.1 Å². The fourth-order valence-corrected chi connectivity index (χ4v) is 3.50. The summed E-state index contributed by atoms with van der Waals surface area (Å²) in [7, 11) is -2.01. The third-order valence-electron chi connectivity index (χ3n) is 4.29. The smallest absolute Gasteiger partial charge is 0.240 e. The highest BCUT2D eigenvalue weighted by Gasteiger charge is 2.20. The molecule has 0 fully saturated rings. The lowest BCUT2D eigenvalue weighted by Crippen LogP contribution is -2.41. The van der Waals surface area contributed by atoms with Gasteiger partial charge in [0.15, 0.2) is 0 Å². The molecule has 0 aliphatic heterocycles. The van der Waals surface area contributed by atoms with Crippen molar-refractivity contribution in [2.24, 2.45) is 0 Å². The van der Waals surface area contributed by atoms with Crippen molar-refractivity contribution in [2.45, 2.75) is 19.8 Å². The number of carbonyl (C=O) groups is 1. The lowest BCUT2D eigenvalue weighted by molar-refractivity contribution is -0.119. The van der Waals surface area contributed by atoms with Crippen LogP contribution in [0.4, 0.5) is 5.69 Å². The van der Waals surface area contributed by atoms with Crippen molar-refractivity contribution in [3.8, 4) is 11.5 Å². The van der Waals surface area contributed by atoms with Crippen molar-refractivity contribution in [1.29, 1.82) is 0 Å². The van der Waals surface area contributed by atoms with E-state index in [1.165, 1.54) is 0 Å². The lowest BCUT2D eigenvalue weighted by atomic mass is 10.0. The van der Waals surface area contributed by atoms with Crippen LogP contribution in [0, 0.1) is 0 Å². The number of amides is 1. The number of rotatable bonds is 10. The molecule has 0 bridgehead atoms. The van der Waals surface area contributed by atoms with E-state index in [9.17, 15) is 13.2 Å². The second-order valence-corrected chi connectivity index (χ2v) is 8.80. The minimum absolute atomic E-state index is 0.259. The average Bonchev–Trinajstić information content (AvgIpc) is 2.69. The van der Waals surface area contributed by atoms with Gasteiger partial charge >= 0.3 is 0 Å². The first kappa shape index (κ1) is 22.5. The van der Waals surface area contributed by atoms with E-state index in [1.54, 1.807) is 43.5 Å². The van der Waals surface area contributed by atoms with Crippen LogP contribution in [0.5, 0.6) is 11.5 Å². The van der Waals surface area contributed by atoms with E-state index in [2.05, 4.69) is 19.2 Å². The Morgan fingerprint density at radius 3 is 2.14 bits per heavy atom. The first-order chi connectivity index (χ1) is 13.7. The van der Waals surface area contributed by atoms with Crippen molar-refractivity contribution in [3.63, 3.8) is 0 Å². The summed E-state index contributed by atoms with van der Waals surface area (Å²) in [6, 6.07) is 14.3. The van der Waals surface area contributed by atoms with Crippen molar-refractivity contribution in [1.82, 2.24) is 5.32 Å². The third-order valence-corrected chi connectivity index (χ3v) is 5.43. The Morgan fingerprint density at radius 1 is 1.03 bits per heavy atom. The van der Waals surface area contributed by atoms with Gasteiger partial charge in [-0.1, -0.05) is 26.0 Å². The normalized spacial score (nSPS) is 11.2. The number of nitrogens with one attached hydrogen (secondary N) is 1. The van der Waals surface area contributed by atoms with Crippen LogP contribution in [0.15, 0.2) is 48.5 Å². The Kier molecular flexibility index (Phi) is 7.90. The van der Waals surface area contributed by atoms with Crippen molar-refractivity contribution in [3.05, 3.63) is 54.1 Å². The predicted octanol–water partition coefficient (Wildman–Crippen LogP) is 2.78. The van der Waals surface area contributed by atoms with Gasteiger partial charge in [0, 0.05) is 0 Å². The number of benzene rings is 2. The lowest BCUT2D eigenvalue weighted by Gasteiger charge is -2.22. The minimum Gasteiger partial charge on any atom is -0.497 e. The van der Waals surface area contributed by atoms with Crippen LogP contribution in [0.2, 0.25) is 0 Å². The molecule has 2 aromatic rings. The molecule has 0 unspecified atom stereocenters. The number of anilines is 1. The van der Waals surface area contributed by atoms with Crippen LogP contribution in [-0.4, -0.2) is 47.4 Å². The summed E-state index contributed by atoms with van der Waals surface area (Å²) in [5.74, 6) is 1.32. The van der Waals surface area contributed by atoms with Gasteiger partial charge in [-0.3, -0.25) is 9.10 Å². The summed E-state index contributed by atoms with van der Waals surface area (Å²) in [6.07, 6.45) is 1.09. The zero-order chi connectivity index (χ0) is 21.4. The second-order valence-electron chi connectivity index (χ2n) is 6.89. The fraction of sp³-hybridized carbons (Fsp3) is 0.381. The summed E-state index contributed by atoms with van der Waals surface area (Å²) < 4.78 is 36.0. The monoisotopic (exact) mass is 420 g/mol. The van der Waals surface area contributed by atoms with E-state index in [-0.39, 0.29) is 19.7 Å². The van der Waals surface area contributed by atoms with Crippen LogP contribution >= 0.6 is 0 Å². The Hall–Kier alpha value is -2.74. The number of hydrogen-bond acceptors (Lipinski definition) is 5. The van der Waals surface area contributed by atoms with Gasteiger partial charge in [0.1, 0.15) is 24.7 Å². The molecule has 1 amide bonds. The molecule has 0 atom stereocenters. The van der Waals surface area contributed by atoms with Gasteiger partial charge in [-0.2, -0.15) is 0 Å². The van der Waals surface area contributed by atoms with Crippen LogP contribution in [0.25, 0.3) is 0 Å². The first-order valence-corrected chi connectivity index (χ1v) is 11.2. The van der Waals surface area contributed by atoms with E-state index in [0.29, 0.717) is 17.4 Å². The molecule has 7 nitrogen and oxygen atoms in total. The van der Waals surface area contributed by atoms with Crippen LogP contribution < -0.4 is 19.1 Å². The molecule has 2 rings (SSSR count). The zero-order valence-electron chi connectivity index (χ0n) is 17.2. The molecule has 158 valence electrons. The number of carbonyl (C=O) groups excluding carboxylic acids is 1. The molecule has 29 heavy (non-hydrogen) atoms. The van der Waals surface area contributed by atoms with E-state index in [4.69, 9.17) is 9.47 Å².